The van der Waals surface area contributed by atoms with E-state index in [1.54, 1.807) is 11.9 Å². The Balaban J connectivity index is 3.55. The molecule has 1 N–H and O–H groups in total. The van der Waals surface area contributed by atoms with E-state index in [1.807, 2.05) is 0 Å². The van der Waals surface area contributed by atoms with Crippen LogP contribution in [0.2, 0.25) is 0 Å². The molecule has 0 aliphatic heterocycles. The predicted octanol–water partition coefficient (Wildman–Crippen LogP) is 0.736. The van der Waals surface area contributed by atoms with Crippen LogP contribution in [0.3, 0.4) is 0 Å². The van der Waals surface area contributed by atoms with Gasteiger partial charge in [0.2, 0.25) is 5.91 Å². The zero-order valence-corrected chi connectivity index (χ0v) is 9.36. The Hall–Kier alpha value is -1.10. The molecule has 0 spiro atoms. The number of ether oxygens (including phenoxy) is 1. The van der Waals surface area contributed by atoms with Crippen molar-refractivity contribution in [1.29, 1.82) is 0 Å². The number of unbranched alkanes of at least 4 members (excludes halogenated alkanes) is 2. The van der Waals surface area contributed by atoms with Gasteiger partial charge in [0.15, 0.2) is 0 Å². The molecule has 0 fully saturated rings. The smallest absolute Gasteiger partial charge is 0.329 e. The van der Waals surface area contributed by atoms with Gasteiger partial charge in [0.1, 0.15) is 13.2 Å². The van der Waals surface area contributed by atoms with Gasteiger partial charge in [0, 0.05) is 13.6 Å². The van der Waals surface area contributed by atoms with Crippen molar-refractivity contribution in [3.8, 4) is 0 Å². The van der Waals surface area contributed by atoms with E-state index in [4.69, 9.17) is 9.84 Å². The summed E-state index contributed by atoms with van der Waals surface area (Å²) in [5.41, 5.74) is 0. The molecule has 0 saturated carbocycles. The Morgan fingerprint density at radius 1 is 1.27 bits per heavy atom. The molecule has 0 rings (SSSR count). The van der Waals surface area contributed by atoms with Crippen molar-refractivity contribution in [2.24, 2.45) is 0 Å². The monoisotopic (exact) mass is 217 g/mol. The van der Waals surface area contributed by atoms with Gasteiger partial charge < -0.3 is 14.7 Å². The highest BCUT2D eigenvalue weighted by molar-refractivity contribution is 5.77. The molecular formula is C10H19NO4. The van der Waals surface area contributed by atoms with E-state index in [1.165, 1.54) is 0 Å². The molecular weight excluding hydrogens is 198 g/mol. The number of hydrogen-bond donors (Lipinski definition) is 1. The van der Waals surface area contributed by atoms with Crippen molar-refractivity contribution < 1.29 is 19.4 Å². The Labute approximate surface area is 90.0 Å². The minimum atomic E-state index is -1.06. The van der Waals surface area contributed by atoms with Gasteiger partial charge in [-0.05, 0) is 6.42 Å². The minimum Gasteiger partial charge on any atom is -0.480 e. The highest BCUT2D eigenvalue weighted by Gasteiger charge is 2.08. The second-order valence-corrected chi connectivity index (χ2v) is 3.41. The molecule has 1 amide bonds. The van der Waals surface area contributed by atoms with E-state index in [0.717, 1.165) is 19.3 Å². The summed E-state index contributed by atoms with van der Waals surface area (Å²) < 4.78 is 4.69. The maximum Gasteiger partial charge on any atom is 0.329 e. The molecule has 0 saturated heterocycles. The molecule has 0 aliphatic rings. The van der Waals surface area contributed by atoms with Crippen LogP contribution in [0.5, 0.6) is 0 Å². The third-order valence-electron chi connectivity index (χ3n) is 1.97. The lowest BCUT2D eigenvalue weighted by Crippen LogP contribution is -2.31. The van der Waals surface area contributed by atoms with Crippen molar-refractivity contribution in [3.05, 3.63) is 0 Å². The Kier molecular flexibility index (Phi) is 7.62. The first-order valence-electron chi connectivity index (χ1n) is 5.11. The number of rotatable bonds is 8. The summed E-state index contributed by atoms with van der Waals surface area (Å²) in [6.07, 6.45) is 3.17. The molecule has 0 aliphatic carbocycles. The molecule has 5 heteroatoms. The number of carbonyl (C=O) groups is 2. The summed E-state index contributed by atoms with van der Waals surface area (Å²) >= 11 is 0. The zero-order valence-electron chi connectivity index (χ0n) is 9.36. The molecule has 88 valence electrons. The number of carboxylic acid groups (broad SMARTS) is 1. The maximum atomic E-state index is 11.3. The van der Waals surface area contributed by atoms with Gasteiger partial charge in [-0.25, -0.2) is 4.79 Å². The predicted molar refractivity (Wildman–Crippen MR) is 55.6 cm³/mol. The van der Waals surface area contributed by atoms with Crippen molar-refractivity contribution in [2.75, 3.05) is 26.8 Å². The Morgan fingerprint density at radius 2 is 1.93 bits per heavy atom. The molecule has 0 aromatic carbocycles. The maximum absolute atomic E-state index is 11.3. The van der Waals surface area contributed by atoms with Crippen molar-refractivity contribution in [3.63, 3.8) is 0 Å². The van der Waals surface area contributed by atoms with E-state index in [2.05, 4.69) is 6.92 Å². The fourth-order valence-electron chi connectivity index (χ4n) is 1.06. The van der Waals surface area contributed by atoms with Gasteiger partial charge in [-0.3, -0.25) is 4.79 Å². The normalized spacial score (nSPS) is 10.0. The van der Waals surface area contributed by atoms with Gasteiger partial charge in [-0.15, -0.1) is 0 Å². The summed E-state index contributed by atoms with van der Waals surface area (Å²) in [6, 6.07) is 0. The Bertz CT molecular complexity index is 206. The largest absolute Gasteiger partial charge is 0.480 e. The topological polar surface area (TPSA) is 66.8 Å². The first-order chi connectivity index (χ1) is 7.07. The third-order valence-corrected chi connectivity index (χ3v) is 1.97. The summed E-state index contributed by atoms with van der Waals surface area (Å²) in [6.45, 7) is 2.21. The summed E-state index contributed by atoms with van der Waals surface area (Å²) in [5.74, 6) is -1.23. The highest BCUT2D eigenvalue weighted by Crippen LogP contribution is 1.96. The number of amides is 1. The van der Waals surface area contributed by atoms with Gasteiger partial charge in [0.05, 0.1) is 0 Å². The van der Waals surface area contributed by atoms with Crippen LogP contribution in [0.4, 0.5) is 0 Å². The number of carbonyl (C=O) groups excluding carboxylic acids is 1. The van der Waals surface area contributed by atoms with Crippen LogP contribution in [-0.4, -0.2) is 48.7 Å². The lowest BCUT2D eigenvalue weighted by atomic mass is 10.2. The fraction of sp³-hybridized carbons (Fsp3) is 0.800. The number of nitrogens with zero attached hydrogens (tertiary/aromatic N) is 1. The van der Waals surface area contributed by atoms with Crippen LogP contribution in [0.15, 0.2) is 0 Å². The van der Waals surface area contributed by atoms with Crippen LogP contribution in [0.1, 0.15) is 26.2 Å². The van der Waals surface area contributed by atoms with Crippen LogP contribution in [0, 0.1) is 0 Å². The Morgan fingerprint density at radius 3 is 2.47 bits per heavy atom. The van der Waals surface area contributed by atoms with Crippen molar-refractivity contribution in [1.82, 2.24) is 4.90 Å². The summed E-state index contributed by atoms with van der Waals surface area (Å²) in [5, 5.41) is 8.29. The van der Waals surface area contributed by atoms with Crippen LogP contribution < -0.4 is 0 Å². The average Bonchev–Trinajstić information content (AvgIpc) is 2.17. The highest BCUT2D eigenvalue weighted by atomic mass is 16.5. The molecule has 15 heavy (non-hydrogen) atoms. The van der Waals surface area contributed by atoms with Crippen LogP contribution >= 0.6 is 0 Å². The van der Waals surface area contributed by atoms with Gasteiger partial charge in [0.25, 0.3) is 0 Å². The lowest BCUT2D eigenvalue weighted by molar-refractivity contribution is -0.145. The molecule has 0 bridgehead atoms. The number of carboxylic acids is 1. The SMILES string of the molecule is CCCCCN(C)C(=O)COCC(=O)O. The molecule has 0 aromatic rings. The molecule has 0 unspecified atom stereocenters. The number of likely N-dealkylation sites (N-methyl/N-ethyl adjacent to an activating group) is 1. The number of aliphatic carboxylic acids is 1. The standard InChI is InChI=1S/C10H19NO4/c1-3-4-5-6-11(2)9(12)7-15-8-10(13)14/h3-8H2,1-2H3,(H,13,14). The van der Waals surface area contributed by atoms with E-state index in [9.17, 15) is 9.59 Å². The molecule has 0 radical (unpaired) electrons. The van der Waals surface area contributed by atoms with Gasteiger partial charge >= 0.3 is 5.97 Å². The fourth-order valence-corrected chi connectivity index (χ4v) is 1.06. The molecule has 0 heterocycles. The summed E-state index contributed by atoms with van der Waals surface area (Å²) in [7, 11) is 1.70. The second-order valence-electron chi connectivity index (χ2n) is 3.41. The molecule has 5 nitrogen and oxygen atoms in total. The first kappa shape index (κ1) is 13.9. The molecule has 0 atom stereocenters. The van der Waals surface area contributed by atoms with E-state index >= 15 is 0 Å². The quantitative estimate of drug-likeness (QED) is 0.609. The van der Waals surface area contributed by atoms with E-state index < -0.39 is 12.6 Å². The van der Waals surface area contributed by atoms with Gasteiger partial charge in [-0.1, -0.05) is 19.8 Å². The minimum absolute atomic E-state index is 0.158. The zero-order chi connectivity index (χ0) is 11.7. The second kappa shape index (κ2) is 8.23. The van der Waals surface area contributed by atoms with Crippen LogP contribution in [0.25, 0.3) is 0 Å². The average molecular weight is 217 g/mol. The number of hydrogen-bond acceptors (Lipinski definition) is 3. The van der Waals surface area contributed by atoms with E-state index in [-0.39, 0.29) is 12.5 Å². The lowest BCUT2D eigenvalue weighted by Gasteiger charge is -2.16. The van der Waals surface area contributed by atoms with E-state index in [0.29, 0.717) is 6.54 Å². The summed E-state index contributed by atoms with van der Waals surface area (Å²) in [4.78, 5) is 23.0. The van der Waals surface area contributed by atoms with Crippen molar-refractivity contribution >= 4 is 11.9 Å². The third kappa shape index (κ3) is 7.93. The van der Waals surface area contributed by atoms with Crippen LogP contribution in [-0.2, 0) is 14.3 Å². The van der Waals surface area contributed by atoms with Crippen molar-refractivity contribution in [2.45, 2.75) is 26.2 Å². The first-order valence-corrected chi connectivity index (χ1v) is 5.11. The van der Waals surface area contributed by atoms with Gasteiger partial charge in [-0.2, -0.15) is 0 Å². The molecule has 0 aromatic heterocycles.